The molecular weight excluding hydrogens is 742 g/mol. The first-order valence-electron chi connectivity index (χ1n) is 20.4. The molecule has 2 saturated heterocycles. The highest BCUT2D eigenvalue weighted by Crippen LogP contribution is 2.36. The van der Waals surface area contributed by atoms with Crippen LogP contribution in [-0.2, 0) is 22.7 Å². The number of nitrogens with zero attached hydrogens (tertiary/aromatic N) is 5. The van der Waals surface area contributed by atoms with Gasteiger partial charge in [-0.05, 0) is 136 Å². The van der Waals surface area contributed by atoms with Crippen LogP contribution in [0.5, 0.6) is 0 Å². The Morgan fingerprint density at radius 1 is 0.614 bits per heavy atom. The first-order chi connectivity index (χ1) is 27.8. The van der Waals surface area contributed by atoms with Crippen LogP contribution in [0.3, 0.4) is 0 Å². The molecular formula is C46H49ClF2N6O2. The van der Waals surface area contributed by atoms with Crippen LogP contribution in [0.15, 0.2) is 97.1 Å². The van der Waals surface area contributed by atoms with Crippen molar-refractivity contribution >= 4 is 44.8 Å². The van der Waals surface area contributed by atoms with Gasteiger partial charge < -0.3 is 19.4 Å². The number of amides is 1. The number of hydrogen-bond acceptors (Lipinski definition) is 5. The van der Waals surface area contributed by atoms with Crippen molar-refractivity contribution in [2.45, 2.75) is 76.3 Å². The molecule has 10 rings (SSSR count). The maximum absolute atomic E-state index is 13.7. The minimum absolute atomic E-state index is 0.157. The summed E-state index contributed by atoms with van der Waals surface area (Å²) in [4.78, 5) is 34.2. The fraction of sp³-hybridized carbons (Fsp3) is 0.391. The maximum atomic E-state index is 13.7. The van der Waals surface area contributed by atoms with Gasteiger partial charge in [0.25, 0.3) is 0 Å². The van der Waals surface area contributed by atoms with Crippen LogP contribution in [0.25, 0.3) is 22.1 Å². The van der Waals surface area contributed by atoms with E-state index in [-0.39, 0.29) is 28.7 Å². The third kappa shape index (κ3) is 9.62. The molecule has 2 aliphatic carbocycles. The lowest BCUT2D eigenvalue weighted by molar-refractivity contribution is -0.133. The van der Waals surface area contributed by atoms with E-state index in [0.29, 0.717) is 30.8 Å². The zero-order valence-corrected chi connectivity index (χ0v) is 32.9. The molecule has 0 bridgehead atoms. The zero-order chi connectivity index (χ0) is 39.3. The Balaban J connectivity index is 0.000000141. The van der Waals surface area contributed by atoms with Crippen LogP contribution in [0, 0.1) is 23.5 Å². The molecule has 4 fully saturated rings. The van der Waals surface area contributed by atoms with E-state index in [1.54, 1.807) is 24.3 Å². The highest BCUT2D eigenvalue weighted by Gasteiger charge is 2.36. The Morgan fingerprint density at radius 2 is 1.09 bits per heavy atom. The van der Waals surface area contributed by atoms with E-state index in [9.17, 15) is 18.4 Å². The van der Waals surface area contributed by atoms with Crippen molar-refractivity contribution in [2.24, 2.45) is 11.8 Å². The molecule has 6 aromatic rings. The average Bonchev–Trinajstić information content (AvgIpc) is 4.18. The second kappa shape index (κ2) is 17.7. The van der Waals surface area contributed by atoms with Gasteiger partial charge in [-0.15, -0.1) is 0 Å². The quantitative estimate of drug-likeness (QED) is 0.156. The molecule has 57 heavy (non-hydrogen) atoms. The monoisotopic (exact) mass is 790 g/mol. The SMILES string of the molecule is Fc1cccc(Cn2c(C3CCNCC3)nc3ccccc32)c1.O=C(C1CC1)N1CCC(c2nc3ccccc3n2Cc2cccc(F)c2)CC1.O=C(Cl)C1CC1. The summed E-state index contributed by atoms with van der Waals surface area (Å²) >= 11 is 5.04. The normalized spacial score (nSPS) is 17.5. The summed E-state index contributed by atoms with van der Waals surface area (Å²) < 4.78 is 31.7. The molecule has 0 atom stereocenters. The van der Waals surface area contributed by atoms with Crippen molar-refractivity contribution in [1.29, 1.82) is 0 Å². The molecule has 11 heteroatoms. The lowest BCUT2D eigenvalue weighted by Crippen LogP contribution is -2.39. The van der Waals surface area contributed by atoms with Crippen molar-refractivity contribution in [3.05, 3.63) is 131 Å². The summed E-state index contributed by atoms with van der Waals surface area (Å²) in [6, 6.07) is 30.0. The van der Waals surface area contributed by atoms with Crippen molar-refractivity contribution < 1.29 is 18.4 Å². The van der Waals surface area contributed by atoms with Gasteiger partial charge in [-0.2, -0.15) is 0 Å². The number of para-hydroxylation sites is 4. The predicted octanol–water partition coefficient (Wildman–Crippen LogP) is 9.19. The van der Waals surface area contributed by atoms with Gasteiger partial charge in [0.2, 0.25) is 11.1 Å². The van der Waals surface area contributed by atoms with Crippen LogP contribution in [-0.4, -0.2) is 61.3 Å². The number of carbonyl (C=O) groups is 2. The summed E-state index contributed by atoms with van der Waals surface area (Å²) in [5.41, 5.74) is 6.13. The molecule has 0 spiro atoms. The zero-order valence-electron chi connectivity index (χ0n) is 32.1. The number of hydrogen-bond donors (Lipinski definition) is 1. The first kappa shape index (κ1) is 38.9. The number of fused-ring (bicyclic) bond motifs is 2. The molecule has 2 saturated carbocycles. The smallest absolute Gasteiger partial charge is 0.225 e. The Hall–Kier alpha value is -4.93. The molecule has 2 aromatic heterocycles. The van der Waals surface area contributed by atoms with E-state index in [0.717, 1.165) is 122 Å². The highest BCUT2D eigenvalue weighted by atomic mass is 35.5. The van der Waals surface area contributed by atoms with Gasteiger partial charge in [0, 0.05) is 49.9 Å². The van der Waals surface area contributed by atoms with Crippen molar-refractivity contribution in [2.75, 3.05) is 26.2 Å². The lowest BCUT2D eigenvalue weighted by Gasteiger charge is -2.32. The Morgan fingerprint density at radius 3 is 1.53 bits per heavy atom. The van der Waals surface area contributed by atoms with Crippen LogP contribution in [0.2, 0.25) is 0 Å². The van der Waals surface area contributed by atoms with Crippen molar-refractivity contribution in [3.63, 3.8) is 0 Å². The highest BCUT2D eigenvalue weighted by molar-refractivity contribution is 6.64. The van der Waals surface area contributed by atoms with Gasteiger partial charge >= 0.3 is 0 Å². The number of rotatable bonds is 8. The molecule has 1 N–H and O–H groups in total. The molecule has 2 aliphatic heterocycles. The molecule has 4 aromatic carbocycles. The largest absolute Gasteiger partial charge is 0.342 e. The van der Waals surface area contributed by atoms with E-state index in [1.165, 1.54) is 12.1 Å². The molecule has 1 amide bonds. The van der Waals surface area contributed by atoms with E-state index in [4.69, 9.17) is 21.6 Å². The Bertz CT molecular complexity index is 2340. The number of aromatic nitrogens is 4. The third-order valence-electron chi connectivity index (χ3n) is 11.5. The summed E-state index contributed by atoms with van der Waals surface area (Å²) in [7, 11) is 0. The van der Waals surface area contributed by atoms with Gasteiger partial charge in [0.15, 0.2) is 0 Å². The van der Waals surface area contributed by atoms with Gasteiger partial charge in [-0.25, -0.2) is 18.7 Å². The van der Waals surface area contributed by atoms with Gasteiger partial charge in [0.1, 0.15) is 23.3 Å². The second-order valence-electron chi connectivity index (χ2n) is 15.8. The van der Waals surface area contributed by atoms with Crippen LogP contribution < -0.4 is 5.32 Å². The first-order valence-corrected chi connectivity index (χ1v) is 20.8. The van der Waals surface area contributed by atoms with Gasteiger partial charge in [-0.3, -0.25) is 9.59 Å². The molecule has 0 radical (unpaired) electrons. The number of nitrogens with one attached hydrogen (secondary N) is 1. The summed E-state index contributed by atoms with van der Waals surface area (Å²) in [5, 5.41) is 3.25. The van der Waals surface area contributed by atoms with Crippen LogP contribution in [0.4, 0.5) is 8.78 Å². The molecule has 8 nitrogen and oxygen atoms in total. The number of carbonyl (C=O) groups excluding carboxylic acids is 2. The van der Waals surface area contributed by atoms with E-state index < -0.39 is 0 Å². The molecule has 4 heterocycles. The summed E-state index contributed by atoms with van der Waals surface area (Å²) in [5.74, 6) is 3.44. The fourth-order valence-corrected chi connectivity index (χ4v) is 8.33. The Labute approximate surface area is 337 Å². The fourth-order valence-electron chi connectivity index (χ4n) is 8.12. The van der Waals surface area contributed by atoms with Crippen molar-refractivity contribution in [1.82, 2.24) is 29.3 Å². The van der Waals surface area contributed by atoms with E-state index >= 15 is 0 Å². The van der Waals surface area contributed by atoms with Gasteiger partial charge in [0.05, 0.1) is 22.1 Å². The maximum Gasteiger partial charge on any atom is 0.225 e. The predicted molar refractivity (Wildman–Crippen MR) is 220 cm³/mol. The Kier molecular flexibility index (Phi) is 12.1. The van der Waals surface area contributed by atoms with Gasteiger partial charge in [-0.1, -0.05) is 48.5 Å². The minimum Gasteiger partial charge on any atom is -0.342 e. The average molecular weight is 791 g/mol. The summed E-state index contributed by atoms with van der Waals surface area (Å²) in [6.45, 7) is 4.96. The topological polar surface area (TPSA) is 85.1 Å². The number of benzene rings is 4. The molecule has 296 valence electrons. The molecule has 0 unspecified atom stereocenters. The molecule has 4 aliphatic rings. The van der Waals surface area contributed by atoms with Crippen LogP contribution in [0.1, 0.15) is 86.0 Å². The number of piperidine rings is 2. The lowest BCUT2D eigenvalue weighted by atomic mass is 9.95. The minimum atomic E-state index is -0.213. The second-order valence-corrected chi connectivity index (χ2v) is 16.2. The van der Waals surface area contributed by atoms with Crippen molar-refractivity contribution in [3.8, 4) is 0 Å². The summed E-state index contributed by atoms with van der Waals surface area (Å²) in [6.07, 6.45) is 8.23. The van der Waals surface area contributed by atoms with E-state index in [1.807, 2.05) is 47.4 Å². The number of imidazole rings is 2. The standard InChI is InChI=1S/C23H24FN3O.C19H20FN3.C4H5ClO/c24-19-5-3-4-16(14-19)15-27-21-7-2-1-6-20(21)25-22(27)17-10-12-26(13-11-17)23(28)18-8-9-18;20-16-5-3-4-14(12-16)13-23-18-7-2-1-6-17(18)22-19(23)15-8-10-21-11-9-15;5-4(6)3-1-2-3/h1-7,14,17-18H,8-13,15H2;1-7,12,15,21H,8-11,13H2;3H,1-2H2. The third-order valence-corrected chi connectivity index (χ3v) is 11.8. The van der Waals surface area contributed by atoms with Crippen LogP contribution >= 0.6 is 11.6 Å². The van der Waals surface area contributed by atoms with E-state index in [2.05, 4.69) is 32.7 Å². The number of likely N-dealkylation sites (tertiary alicyclic amines) is 1. The number of halogens is 3.